The first-order chi connectivity index (χ1) is 23.3. The third-order valence-corrected chi connectivity index (χ3v) is 9.90. The van der Waals surface area contributed by atoms with Gasteiger partial charge >= 0.3 is 13.7 Å². The van der Waals surface area contributed by atoms with E-state index >= 15 is 4.39 Å². The molecule has 5 rings (SSSR count). The van der Waals surface area contributed by atoms with E-state index in [9.17, 15) is 14.5 Å². The fourth-order valence-electron chi connectivity index (χ4n) is 5.36. The van der Waals surface area contributed by atoms with E-state index in [1.807, 2.05) is 13.0 Å². The molecule has 12 nitrogen and oxygen atoms in total. The molecule has 1 aliphatic heterocycles. The highest BCUT2D eigenvalue weighted by atomic mass is 35.5. The van der Waals surface area contributed by atoms with Crippen molar-refractivity contribution in [1.29, 1.82) is 0 Å². The Bertz CT molecular complexity index is 2030. The number of nitrogens with one attached hydrogen (secondary N) is 1. The van der Waals surface area contributed by atoms with Crippen LogP contribution in [0.15, 0.2) is 72.7 Å². The van der Waals surface area contributed by atoms with Crippen LogP contribution in [0.1, 0.15) is 39.5 Å². The largest absolute Gasteiger partial charge is 0.460 e. The molecule has 0 saturated carbocycles. The lowest BCUT2D eigenvalue weighted by molar-refractivity contribution is -0.144. The second kappa shape index (κ2) is 14.7. The van der Waals surface area contributed by atoms with Crippen molar-refractivity contribution in [2.24, 2.45) is 0 Å². The first-order valence-corrected chi connectivity index (χ1v) is 17.2. The Morgan fingerprint density at radius 2 is 2.06 bits per heavy atom. The number of hydrogen-bond donors (Lipinski definition) is 3. The Balaban J connectivity index is 1.41. The number of carbonyl (C=O) groups is 1. The van der Waals surface area contributed by atoms with Gasteiger partial charge in [0.25, 0.3) is 0 Å². The molecule has 2 aromatic carbocycles. The summed E-state index contributed by atoms with van der Waals surface area (Å²) in [7, 11) is -4.50. The number of anilines is 1. The first kappa shape index (κ1) is 36.0. The van der Waals surface area contributed by atoms with Gasteiger partial charge in [-0.1, -0.05) is 60.0 Å². The zero-order valence-electron chi connectivity index (χ0n) is 27.2. The van der Waals surface area contributed by atoms with Gasteiger partial charge in [-0.25, -0.2) is 18.9 Å². The Morgan fingerprint density at radius 1 is 1.33 bits per heavy atom. The number of aromatic nitrogens is 3. The van der Waals surface area contributed by atoms with Gasteiger partial charge in [-0.3, -0.25) is 9.32 Å². The van der Waals surface area contributed by atoms with Gasteiger partial charge < -0.3 is 29.4 Å². The number of terminal acetylenes is 1. The van der Waals surface area contributed by atoms with E-state index < -0.39 is 50.5 Å². The van der Waals surface area contributed by atoms with Crippen LogP contribution in [0.3, 0.4) is 0 Å². The molecule has 6 atom stereocenters. The van der Waals surface area contributed by atoms with Gasteiger partial charge in [0.1, 0.15) is 48.4 Å². The van der Waals surface area contributed by atoms with Crippen molar-refractivity contribution in [2.45, 2.75) is 57.8 Å². The van der Waals surface area contributed by atoms with Gasteiger partial charge in [-0.15, -0.1) is 6.42 Å². The molecule has 3 heterocycles. The summed E-state index contributed by atoms with van der Waals surface area (Å²) in [5.74, 6) is 1.96. The van der Waals surface area contributed by atoms with E-state index in [0.29, 0.717) is 26.7 Å². The van der Waals surface area contributed by atoms with Crippen LogP contribution in [0.25, 0.3) is 21.8 Å². The number of rotatable bonds is 12. The minimum Gasteiger partial charge on any atom is -0.460 e. The lowest BCUT2D eigenvalue weighted by atomic mass is 9.98. The van der Waals surface area contributed by atoms with E-state index in [1.54, 1.807) is 49.4 Å². The van der Waals surface area contributed by atoms with Crippen LogP contribution in [0.4, 0.5) is 10.2 Å². The van der Waals surface area contributed by atoms with E-state index in [-0.39, 0.29) is 23.8 Å². The monoisotopic (exact) mass is 711 g/mol. The predicted octanol–water partition coefficient (Wildman–Crippen LogP) is 6.04. The topological polar surface area (TPSA) is 160 Å². The van der Waals surface area contributed by atoms with Gasteiger partial charge in [0.15, 0.2) is 11.9 Å². The molecule has 1 aliphatic rings. The maximum absolute atomic E-state index is 16.3. The lowest BCUT2D eigenvalue weighted by Gasteiger charge is -2.26. The van der Waals surface area contributed by atoms with Gasteiger partial charge in [0, 0.05) is 22.0 Å². The third-order valence-electron chi connectivity index (χ3n) is 7.94. The number of carbonyl (C=O) groups excluding carboxylic acids is 1. The SMILES string of the molecule is C#Cc1cn([C@@H]2O[C@H](COP(=O)(NC(C)C(=O)OC/C(C)=C/C=C\C)Oc3ccc(Cl)c4ccccc34)[C@@H](O)[C@@]2(C)F)c2ncnc(N)c12. The van der Waals surface area contributed by atoms with Crippen LogP contribution in [0.5, 0.6) is 5.75 Å². The van der Waals surface area contributed by atoms with Crippen molar-refractivity contribution in [3.63, 3.8) is 0 Å². The van der Waals surface area contributed by atoms with E-state index in [4.69, 9.17) is 42.3 Å². The number of aliphatic hydroxyl groups excluding tert-OH is 1. The minimum atomic E-state index is -4.50. The number of nitrogens with zero attached hydrogens (tertiary/aromatic N) is 3. The summed E-state index contributed by atoms with van der Waals surface area (Å²) in [6.45, 7) is 5.59. The molecule has 4 N–H and O–H groups in total. The second-order valence-corrected chi connectivity index (χ2v) is 13.7. The Labute approximate surface area is 287 Å². The molecule has 1 fully saturated rings. The number of benzene rings is 2. The third kappa shape index (κ3) is 7.50. The van der Waals surface area contributed by atoms with E-state index in [2.05, 4.69) is 21.0 Å². The Kier molecular flexibility index (Phi) is 10.8. The summed E-state index contributed by atoms with van der Waals surface area (Å²) in [6.07, 6.45) is 9.12. The summed E-state index contributed by atoms with van der Waals surface area (Å²) in [6, 6.07) is 8.87. The summed E-state index contributed by atoms with van der Waals surface area (Å²) >= 11 is 6.38. The van der Waals surface area contributed by atoms with Crippen LogP contribution in [0, 0.1) is 12.3 Å². The van der Waals surface area contributed by atoms with Crippen LogP contribution in [-0.2, 0) is 23.4 Å². The zero-order chi connectivity index (χ0) is 35.5. The van der Waals surface area contributed by atoms with Gasteiger partial charge in [-0.05, 0) is 45.4 Å². The highest BCUT2D eigenvalue weighted by Crippen LogP contribution is 2.50. The molecule has 2 unspecified atom stereocenters. The first-order valence-electron chi connectivity index (χ1n) is 15.2. The van der Waals surface area contributed by atoms with Gasteiger partial charge in [-0.2, -0.15) is 5.09 Å². The smallest absolute Gasteiger partial charge is 0.459 e. The molecular formula is C34H36ClFN5O7P. The molecule has 0 radical (unpaired) electrons. The number of nitrogens with two attached hydrogens (primary N) is 1. The summed E-state index contributed by atoms with van der Waals surface area (Å²) < 4.78 is 55.2. The average molecular weight is 712 g/mol. The Hall–Kier alpha value is -4.28. The number of aliphatic hydroxyl groups is 1. The standard InChI is InChI=1S/C34H36ClFN5O7P/c1-6-8-11-20(3)17-45-32(43)21(4)40-49(44,48-26-15-14-25(35)23-12-9-10-13-24(23)26)46-18-27-29(42)34(5,36)33(47-27)41-16-22(7-2)28-30(37)38-19-39-31(28)41/h2,6,8-16,19,21,27,29,33,42H,17-18H2,1,3-5H3,(H,40,44)(H2,37,38,39)/b8-6-,20-11+/t21?,27-,29-,33-,34-,49?/m1/s1. The highest BCUT2D eigenvalue weighted by Gasteiger charge is 2.56. The molecule has 0 aliphatic carbocycles. The number of ether oxygens (including phenoxy) is 2. The molecule has 49 heavy (non-hydrogen) atoms. The van der Waals surface area contributed by atoms with E-state index in [0.717, 1.165) is 12.5 Å². The van der Waals surface area contributed by atoms with Crippen LogP contribution >= 0.6 is 19.3 Å². The highest BCUT2D eigenvalue weighted by molar-refractivity contribution is 7.52. The molecule has 0 amide bonds. The van der Waals surface area contributed by atoms with Crippen LogP contribution < -0.4 is 15.3 Å². The fraction of sp³-hybridized carbons (Fsp3) is 0.324. The van der Waals surface area contributed by atoms with Crippen LogP contribution in [-0.4, -0.2) is 62.7 Å². The summed E-state index contributed by atoms with van der Waals surface area (Å²) in [4.78, 5) is 21.1. The number of alkyl halides is 1. The van der Waals surface area contributed by atoms with Crippen molar-refractivity contribution in [3.8, 4) is 18.1 Å². The predicted molar refractivity (Wildman–Crippen MR) is 185 cm³/mol. The molecular weight excluding hydrogens is 676 g/mol. The van der Waals surface area contributed by atoms with E-state index in [1.165, 1.54) is 30.1 Å². The number of hydrogen-bond acceptors (Lipinski definition) is 10. The summed E-state index contributed by atoms with van der Waals surface area (Å²) in [5.41, 5.74) is 4.87. The number of fused-ring (bicyclic) bond motifs is 2. The normalized spacial score (nSPS) is 23.1. The van der Waals surface area contributed by atoms with Crippen molar-refractivity contribution in [2.75, 3.05) is 18.9 Å². The lowest BCUT2D eigenvalue weighted by Crippen LogP contribution is -2.41. The maximum Gasteiger partial charge on any atom is 0.459 e. The number of allylic oxidation sites excluding steroid dienone is 3. The van der Waals surface area contributed by atoms with Crippen molar-refractivity contribution in [3.05, 3.63) is 83.3 Å². The number of halogens is 2. The number of nitrogen functional groups attached to an aromatic ring is 1. The molecule has 15 heteroatoms. The molecule has 0 spiro atoms. The zero-order valence-corrected chi connectivity index (χ0v) is 28.8. The van der Waals surface area contributed by atoms with Crippen molar-refractivity contribution < 1.29 is 37.4 Å². The number of esters is 1. The van der Waals surface area contributed by atoms with Crippen LogP contribution in [0.2, 0.25) is 5.02 Å². The molecule has 0 bridgehead atoms. The fourth-order valence-corrected chi connectivity index (χ4v) is 7.11. The second-order valence-electron chi connectivity index (χ2n) is 11.6. The van der Waals surface area contributed by atoms with Crippen molar-refractivity contribution in [1.82, 2.24) is 19.6 Å². The molecule has 258 valence electrons. The van der Waals surface area contributed by atoms with Gasteiger partial charge in [0.05, 0.1) is 17.6 Å². The van der Waals surface area contributed by atoms with Crippen molar-refractivity contribution >= 4 is 52.9 Å². The van der Waals surface area contributed by atoms with Gasteiger partial charge in [0.2, 0.25) is 0 Å². The maximum atomic E-state index is 16.3. The average Bonchev–Trinajstić information content (AvgIpc) is 3.56. The molecule has 2 aromatic heterocycles. The molecule has 1 saturated heterocycles. The molecule has 4 aromatic rings. The summed E-state index contributed by atoms with van der Waals surface area (Å²) in [5, 5.41) is 15.6. The minimum absolute atomic E-state index is 0.00631. The Morgan fingerprint density at radius 3 is 2.78 bits per heavy atom. The quantitative estimate of drug-likeness (QED) is 0.0681.